The summed E-state index contributed by atoms with van der Waals surface area (Å²) in [4.78, 5) is 13.1. The number of rotatable bonds is 4. The van der Waals surface area contributed by atoms with Gasteiger partial charge < -0.3 is 9.64 Å². The molecule has 5 heteroatoms. The topological polar surface area (TPSA) is 53.3 Å². The monoisotopic (exact) mass is 252 g/mol. The average Bonchev–Trinajstić information content (AvgIpc) is 2.34. The van der Waals surface area contributed by atoms with Crippen molar-refractivity contribution in [3.05, 3.63) is 23.2 Å². The molecule has 0 N–H and O–H groups in total. The van der Waals surface area contributed by atoms with E-state index in [1.165, 1.54) is 4.90 Å². The van der Waals surface area contributed by atoms with Gasteiger partial charge in [0.05, 0.1) is 23.9 Å². The third-order valence-corrected chi connectivity index (χ3v) is 2.64. The Labute approximate surface area is 105 Å². The van der Waals surface area contributed by atoms with E-state index in [0.29, 0.717) is 16.5 Å². The van der Waals surface area contributed by atoms with Crippen molar-refractivity contribution >= 4 is 23.2 Å². The summed E-state index contributed by atoms with van der Waals surface area (Å²) < 4.78 is 5.02. The minimum atomic E-state index is -0.140. The van der Waals surface area contributed by atoms with Crippen LogP contribution in [0.1, 0.15) is 12.8 Å². The zero-order valence-corrected chi connectivity index (χ0v) is 10.5. The van der Waals surface area contributed by atoms with Crippen molar-refractivity contribution in [2.45, 2.75) is 12.8 Å². The number of hydrogen-bond acceptors (Lipinski definition) is 3. The third-order valence-electron chi connectivity index (χ3n) is 2.34. The fourth-order valence-electron chi connectivity index (χ4n) is 1.35. The minimum Gasteiger partial charge on any atom is -0.497 e. The maximum absolute atomic E-state index is 11.7. The summed E-state index contributed by atoms with van der Waals surface area (Å²) in [6, 6.07) is 7.03. The molecule has 0 saturated carbocycles. The number of anilines is 1. The Morgan fingerprint density at radius 3 is 2.82 bits per heavy atom. The highest BCUT2D eigenvalue weighted by Crippen LogP contribution is 2.29. The van der Waals surface area contributed by atoms with Crippen LogP contribution in [0.3, 0.4) is 0 Å². The predicted octanol–water partition coefficient (Wildman–Crippen LogP) is 2.62. The van der Waals surface area contributed by atoms with Crippen molar-refractivity contribution in [1.29, 1.82) is 5.26 Å². The summed E-state index contributed by atoms with van der Waals surface area (Å²) in [5, 5.41) is 8.87. The molecule has 0 spiro atoms. The molecule has 0 heterocycles. The summed E-state index contributed by atoms with van der Waals surface area (Å²) in [6.07, 6.45) is 0.395. The molecule has 17 heavy (non-hydrogen) atoms. The molecule has 1 amide bonds. The zero-order valence-electron chi connectivity index (χ0n) is 9.74. The highest BCUT2D eigenvalue weighted by Gasteiger charge is 2.13. The van der Waals surface area contributed by atoms with Crippen LogP contribution in [0.15, 0.2) is 18.2 Å². The third kappa shape index (κ3) is 3.36. The lowest BCUT2D eigenvalue weighted by molar-refractivity contribution is -0.118. The number of carbonyl (C=O) groups excluding carboxylic acids is 1. The maximum Gasteiger partial charge on any atom is 0.227 e. The molecule has 0 unspecified atom stereocenters. The lowest BCUT2D eigenvalue weighted by Crippen LogP contribution is -2.25. The number of methoxy groups -OCH3 is 1. The van der Waals surface area contributed by atoms with E-state index in [1.54, 1.807) is 32.4 Å². The summed E-state index contributed by atoms with van der Waals surface area (Å²) in [5.74, 6) is 0.496. The SMILES string of the molecule is COc1ccc(N(C)C(=O)CCC#N)c(Cl)c1. The predicted molar refractivity (Wildman–Crippen MR) is 66.3 cm³/mol. The quantitative estimate of drug-likeness (QED) is 0.828. The van der Waals surface area contributed by atoms with Crippen molar-refractivity contribution in [3.63, 3.8) is 0 Å². The van der Waals surface area contributed by atoms with Crippen molar-refractivity contribution in [3.8, 4) is 11.8 Å². The van der Waals surface area contributed by atoms with Crippen molar-refractivity contribution in [2.75, 3.05) is 19.1 Å². The molecule has 0 atom stereocenters. The van der Waals surface area contributed by atoms with Gasteiger partial charge in [-0.1, -0.05) is 11.6 Å². The lowest BCUT2D eigenvalue weighted by atomic mass is 10.2. The average molecular weight is 253 g/mol. The van der Waals surface area contributed by atoms with Gasteiger partial charge in [0.2, 0.25) is 5.91 Å². The van der Waals surface area contributed by atoms with Crippen LogP contribution in [0.2, 0.25) is 5.02 Å². The molecule has 0 aliphatic carbocycles. The van der Waals surface area contributed by atoms with Crippen molar-refractivity contribution in [2.24, 2.45) is 0 Å². The second-order valence-electron chi connectivity index (χ2n) is 3.43. The molecule has 1 rings (SSSR count). The van der Waals surface area contributed by atoms with E-state index in [-0.39, 0.29) is 18.7 Å². The molecule has 0 fully saturated rings. The second kappa shape index (κ2) is 6.12. The summed E-state index contributed by atoms with van der Waals surface area (Å²) in [6.45, 7) is 0. The van der Waals surface area contributed by atoms with Gasteiger partial charge in [0.1, 0.15) is 5.75 Å². The van der Waals surface area contributed by atoms with Crippen LogP contribution >= 0.6 is 11.6 Å². The van der Waals surface area contributed by atoms with Gasteiger partial charge in [-0.15, -0.1) is 0 Å². The number of carbonyl (C=O) groups is 1. The van der Waals surface area contributed by atoms with Gasteiger partial charge >= 0.3 is 0 Å². The minimum absolute atomic E-state index is 0.140. The first-order valence-corrected chi connectivity index (χ1v) is 5.45. The van der Waals surface area contributed by atoms with E-state index in [1.807, 2.05) is 6.07 Å². The van der Waals surface area contributed by atoms with E-state index in [4.69, 9.17) is 21.6 Å². The van der Waals surface area contributed by atoms with E-state index in [0.717, 1.165) is 0 Å². The normalized spacial score (nSPS) is 9.53. The molecule has 0 aromatic heterocycles. The number of nitrogens with zero attached hydrogens (tertiary/aromatic N) is 2. The fourth-order valence-corrected chi connectivity index (χ4v) is 1.65. The van der Waals surface area contributed by atoms with Crippen LogP contribution in [0.5, 0.6) is 5.75 Å². The Bertz CT molecular complexity index is 454. The molecule has 4 nitrogen and oxygen atoms in total. The van der Waals surface area contributed by atoms with Gasteiger partial charge in [-0.25, -0.2) is 0 Å². The van der Waals surface area contributed by atoms with Gasteiger partial charge in [0.15, 0.2) is 0 Å². The van der Waals surface area contributed by atoms with Crippen LogP contribution in [0.25, 0.3) is 0 Å². The van der Waals surface area contributed by atoms with Gasteiger partial charge in [-0.2, -0.15) is 5.26 Å². The molecular formula is C12H13ClN2O2. The zero-order chi connectivity index (χ0) is 12.8. The molecule has 1 aromatic rings. The molecule has 0 aliphatic heterocycles. The summed E-state index contributed by atoms with van der Waals surface area (Å²) in [5.41, 5.74) is 0.607. The van der Waals surface area contributed by atoms with Gasteiger partial charge in [-0.3, -0.25) is 4.79 Å². The number of amides is 1. The first-order chi connectivity index (χ1) is 8.10. The highest BCUT2D eigenvalue weighted by atomic mass is 35.5. The van der Waals surface area contributed by atoms with E-state index in [9.17, 15) is 4.79 Å². The van der Waals surface area contributed by atoms with Gasteiger partial charge in [0.25, 0.3) is 0 Å². The van der Waals surface area contributed by atoms with Gasteiger partial charge in [0, 0.05) is 26.0 Å². The van der Waals surface area contributed by atoms with Crippen LogP contribution in [-0.4, -0.2) is 20.1 Å². The fraction of sp³-hybridized carbons (Fsp3) is 0.333. The summed E-state index contributed by atoms with van der Waals surface area (Å²) >= 11 is 6.04. The molecule has 90 valence electrons. The number of benzene rings is 1. The van der Waals surface area contributed by atoms with Crippen LogP contribution < -0.4 is 9.64 Å². The summed E-state index contributed by atoms with van der Waals surface area (Å²) in [7, 11) is 3.18. The Kier molecular flexibility index (Phi) is 4.80. The maximum atomic E-state index is 11.7. The smallest absolute Gasteiger partial charge is 0.227 e. The molecule has 0 bridgehead atoms. The Hall–Kier alpha value is -1.73. The number of ether oxygens (including phenoxy) is 1. The molecule has 1 aromatic carbocycles. The largest absolute Gasteiger partial charge is 0.497 e. The van der Waals surface area contributed by atoms with E-state index in [2.05, 4.69) is 0 Å². The molecule has 0 saturated heterocycles. The standard InChI is InChI=1S/C12H13ClN2O2/c1-15(12(16)4-3-7-14)11-6-5-9(17-2)8-10(11)13/h5-6,8H,3-4H2,1-2H3. The van der Waals surface area contributed by atoms with Crippen molar-refractivity contribution in [1.82, 2.24) is 0 Å². The Morgan fingerprint density at radius 2 is 2.29 bits per heavy atom. The van der Waals surface area contributed by atoms with E-state index < -0.39 is 0 Å². The number of nitriles is 1. The van der Waals surface area contributed by atoms with E-state index >= 15 is 0 Å². The van der Waals surface area contributed by atoms with Crippen molar-refractivity contribution < 1.29 is 9.53 Å². The highest BCUT2D eigenvalue weighted by molar-refractivity contribution is 6.34. The van der Waals surface area contributed by atoms with Gasteiger partial charge in [-0.05, 0) is 12.1 Å². The van der Waals surface area contributed by atoms with Crippen LogP contribution in [0.4, 0.5) is 5.69 Å². The molecule has 0 aliphatic rings. The Morgan fingerprint density at radius 1 is 1.59 bits per heavy atom. The second-order valence-corrected chi connectivity index (χ2v) is 3.84. The molecule has 0 radical (unpaired) electrons. The van der Waals surface area contributed by atoms with Crippen LogP contribution in [-0.2, 0) is 4.79 Å². The Balaban J connectivity index is 2.85. The van der Waals surface area contributed by atoms with Crippen LogP contribution in [0, 0.1) is 11.3 Å². The lowest BCUT2D eigenvalue weighted by Gasteiger charge is -2.18. The number of halogens is 1. The first-order valence-electron chi connectivity index (χ1n) is 5.07. The molecular weight excluding hydrogens is 240 g/mol. The first kappa shape index (κ1) is 13.3. The number of hydrogen-bond donors (Lipinski definition) is 0.